The van der Waals surface area contributed by atoms with Crippen molar-refractivity contribution in [2.45, 2.75) is 18.9 Å². The Morgan fingerprint density at radius 3 is 3.06 bits per heavy atom. The number of rotatable bonds is 3. The van der Waals surface area contributed by atoms with Crippen LogP contribution in [-0.2, 0) is 0 Å². The summed E-state index contributed by atoms with van der Waals surface area (Å²) in [5, 5.41) is 6.39. The second-order valence-corrected chi connectivity index (χ2v) is 4.75. The van der Waals surface area contributed by atoms with E-state index in [1.807, 2.05) is 19.0 Å². The summed E-state index contributed by atoms with van der Waals surface area (Å²) in [5.74, 6) is 0.339. The van der Waals surface area contributed by atoms with E-state index in [0.717, 1.165) is 25.9 Å². The highest BCUT2D eigenvalue weighted by Crippen LogP contribution is 2.21. The van der Waals surface area contributed by atoms with Gasteiger partial charge in [-0.25, -0.2) is 0 Å². The van der Waals surface area contributed by atoms with Crippen LogP contribution in [0, 0.1) is 0 Å². The Hall–Kier alpha value is -1.56. The number of nitrogens with two attached hydrogens (primary N) is 1. The van der Waals surface area contributed by atoms with E-state index >= 15 is 0 Å². The molecule has 0 aliphatic carbocycles. The van der Waals surface area contributed by atoms with Crippen molar-refractivity contribution in [2.75, 3.05) is 32.9 Å². The van der Waals surface area contributed by atoms with Gasteiger partial charge in [0.25, 0.3) is 5.91 Å². The van der Waals surface area contributed by atoms with E-state index in [9.17, 15) is 4.79 Å². The van der Waals surface area contributed by atoms with E-state index in [4.69, 9.17) is 5.73 Å². The third-order valence-corrected chi connectivity index (χ3v) is 3.11. The van der Waals surface area contributed by atoms with Gasteiger partial charge in [0.2, 0.25) is 0 Å². The van der Waals surface area contributed by atoms with Crippen LogP contribution in [0.2, 0.25) is 0 Å². The Labute approximate surface area is 101 Å². The molecule has 1 unspecified atom stereocenters. The van der Waals surface area contributed by atoms with E-state index in [2.05, 4.69) is 15.1 Å². The number of nitrogen functional groups attached to an aromatic ring is 1. The Balaban J connectivity index is 2.11. The number of nitrogens with zero attached hydrogens (tertiary/aromatic N) is 3. The molecule has 1 aliphatic rings. The standard InChI is InChI=1S/C11H19N5O/c1-15(2)7-8-4-3-5-16(8)11(17)9-6-13-14-10(9)12/h6,8H,3-5,7H2,1-2H3,(H3,12,13,14). The summed E-state index contributed by atoms with van der Waals surface area (Å²) in [4.78, 5) is 16.3. The molecule has 1 saturated heterocycles. The first-order valence-corrected chi connectivity index (χ1v) is 5.84. The van der Waals surface area contributed by atoms with E-state index in [1.54, 1.807) is 0 Å². The number of hydrogen-bond acceptors (Lipinski definition) is 4. The number of anilines is 1. The van der Waals surface area contributed by atoms with Crippen molar-refractivity contribution in [1.29, 1.82) is 0 Å². The van der Waals surface area contributed by atoms with Crippen molar-refractivity contribution in [1.82, 2.24) is 20.0 Å². The van der Waals surface area contributed by atoms with Crippen LogP contribution in [0.15, 0.2) is 6.20 Å². The quantitative estimate of drug-likeness (QED) is 0.785. The fourth-order valence-corrected chi connectivity index (χ4v) is 2.34. The molecular weight excluding hydrogens is 218 g/mol. The van der Waals surface area contributed by atoms with Crippen molar-refractivity contribution in [3.63, 3.8) is 0 Å². The topological polar surface area (TPSA) is 78.2 Å². The molecule has 1 aliphatic heterocycles. The molecule has 1 atom stereocenters. The number of likely N-dealkylation sites (N-methyl/N-ethyl adjacent to an activating group) is 1. The van der Waals surface area contributed by atoms with Gasteiger partial charge in [0.05, 0.1) is 6.20 Å². The van der Waals surface area contributed by atoms with Crippen molar-refractivity contribution in [3.8, 4) is 0 Å². The summed E-state index contributed by atoms with van der Waals surface area (Å²) < 4.78 is 0. The maximum Gasteiger partial charge on any atom is 0.259 e. The number of hydrogen-bond donors (Lipinski definition) is 2. The molecule has 1 amide bonds. The summed E-state index contributed by atoms with van der Waals surface area (Å²) in [6.07, 6.45) is 3.62. The molecule has 2 rings (SSSR count). The molecule has 1 aromatic heterocycles. The third kappa shape index (κ3) is 2.41. The fourth-order valence-electron chi connectivity index (χ4n) is 2.34. The van der Waals surface area contributed by atoms with Gasteiger partial charge in [0, 0.05) is 19.1 Å². The first-order chi connectivity index (χ1) is 8.09. The second kappa shape index (κ2) is 4.75. The Morgan fingerprint density at radius 2 is 2.47 bits per heavy atom. The Bertz CT molecular complexity index is 400. The molecule has 6 heteroatoms. The van der Waals surface area contributed by atoms with Crippen LogP contribution in [0.1, 0.15) is 23.2 Å². The molecule has 0 radical (unpaired) electrons. The minimum atomic E-state index is -0.0133. The lowest BCUT2D eigenvalue weighted by Crippen LogP contribution is -2.41. The molecule has 17 heavy (non-hydrogen) atoms. The van der Waals surface area contributed by atoms with Gasteiger partial charge < -0.3 is 15.5 Å². The number of aromatic nitrogens is 2. The normalized spacial score (nSPS) is 20.2. The van der Waals surface area contributed by atoms with E-state index < -0.39 is 0 Å². The predicted molar refractivity (Wildman–Crippen MR) is 65.6 cm³/mol. The van der Waals surface area contributed by atoms with Crippen LogP contribution in [0.5, 0.6) is 0 Å². The Kier molecular flexibility index (Phi) is 3.33. The summed E-state index contributed by atoms with van der Waals surface area (Å²) in [5.41, 5.74) is 6.16. The minimum absolute atomic E-state index is 0.0133. The van der Waals surface area contributed by atoms with Crippen molar-refractivity contribution in [3.05, 3.63) is 11.8 Å². The zero-order valence-electron chi connectivity index (χ0n) is 10.3. The van der Waals surface area contributed by atoms with Crippen LogP contribution in [0.4, 0.5) is 5.82 Å². The SMILES string of the molecule is CN(C)CC1CCCN1C(=O)c1cn[nH]c1N. The summed E-state index contributed by atoms with van der Waals surface area (Å²) in [7, 11) is 4.04. The number of nitrogens with one attached hydrogen (secondary N) is 1. The highest BCUT2D eigenvalue weighted by Gasteiger charge is 2.30. The van der Waals surface area contributed by atoms with Gasteiger partial charge in [-0.3, -0.25) is 9.89 Å². The van der Waals surface area contributed by atoms with E-state index in [1.165, 1.54) is 6.20 Å². The smallest absolute Gasteiger partial charge is 0.259 e. The van der Waals surface area contributed by atoms with Gasteiger partial charge >= 0.3 is 0 Å². The fraction of sp³-hybridized carbons (Fsp3) is 0.636. The molecule has 3 N–H and O–H groups in total. The maximum atomic E-state index is 12.3. The minimum Gasteiger partial charge on any atom is -0.383 e. The maximum absolute atomic E-state index is 12.3. The van der Waals surface area contributed by atoms with Gasteiger partial charge in [-0.05, 0) is 26.9 Å². The molecule has 94 valence electrons. The molecule has 6 nitrogen and oxygen atoms in total. The first kappa shape index (κ1) is 11.9. The molecule has 0 spiro atoms. The number of amides is 1. The van der Waals surface area contributed by atoms with Gasteiger partial charge in [-0.2, -0.15) is 5.10 Å². The number of aromatic amines is 1. The van der Waals surface area contributed by atoms with Gasteiger partial charge in [0.1, 0.15) is 11.4 Å². The average Bonchev–Trinajstić information content (AvgIpc) is 2.85. The zero-order chi connectivity index (χ0) is 12.4. The van der Waals surface area contributed by atoms with Crippen molar-refractivity contribution < 1.29 is 4.79 Å². The number of likely N-dealkylation sites (tertiary alicyclic amines) is 1. The van der Waals surface area contributed by atoms with Gasteiger partial charge in [-0.1, -0.05) is 0 Å². The molecule has 1 aromatic rings. The average molecular weight is 237 g/mol. The van der Waals surface area contributed by atoms with Crippen LogP contribution >= 0.6 is 0 Å². The van der Waals surface area contributed by atoms with Crippen LogP contribution < -0.4 is 5.73 Å². The van der Waals surface area contributed by atoms with Gasteiger partial charge in [-0.15, -0.1) is 0 Å². The van der Waals surface area contributed by atoms with Crippen molar-refractivity contribution >= 4 is 11.7 Å². The summed E-state index contributed by atoms with van der Waals surface area (Å²) >= 11 is 0. The number of carbonyl (C=O) groups excluding carboxylic acids is 1. The highest BCUT2D eigenvalue weighted by atomic mass is 16.2. The molecule has 2 heterocycles. The largest absolute Gasteiger partial charge is 0.383 e. The molecule has 0 saturated carbocycles. The van der Waals surface area contributed by atoms with E-state index in [0.29, 0.717) is 11.4 Å². The third-order valence-electron chi connectivity index (χ3n) is 3.11. The van der Waals surface area contributed by atoms with Crippen molar-refractivity contribution in [2.24, 2.45) is 0 Å². The lowest BCUT2D eigenvalue weighted by atomic mass is 10.2. The second-order valence-electron chi connectivity index (χ2n) is 4.75. The number of carbonyl (C=O) groups is 1. The molecule has 1 fully saturated rings. The summed E-state index contributed by atoms with van der Waals surface area (Å²) in [6.45, 7) is 1.70. The summed E-state index contributed by atoms with van der Waals surface area (Å²) in [6, 6.07) is 0.284. The van der Waals surface area contributed by atoms with Crippen LogP contribution in [0.25, 0.3) is 0 Å². The molecule has 0 aromatic carbocycles. The Morgan fingerprint density at radius 1 is 1.71 bits per heavy atom. The van der Waals surface area contributed by atoms with Crippen LogP contribution in [-0.4, -0.2) is 59.1 Å². The monoisotopic (exact) mass is 237 g/mol. The van der Waals surface area contributed by atoms with Crippen LogP contribution in [0.3, 0.4) is 0 Å². The zero-order valence-corrected chi connectivity index (χ0v) is 10.3. The highest BCUT2D eigenvalue weighted by molar-refractivity contribution is 5.98. The predicted octanol–water partition coefficient (Wildman–Crippen LogP) is 0.158. The molecule has 0 bridgehead atoms. The lowest BCUT2D eigenvalue weighted by molar-refractivity contribution is 0.0717. The lowest BCUT2D eigenvalue weighted by Gasteiger charge is -2.26. The van der Waals surface area contributed by atoms with Gasteiger partial charge in [0.15, 0.2) is 0 Å². The number of H-pyrrole nitrogens is 1. The first-order valence-electron chi connectivity index (χ1n) is 5.84. The van der Waals surface area contributed by atoms with E-state index in [-0.39, 0.29) is 11.9 Å². The molecular formula is C11H19N5O.